The van der Waals surface area contributed by atoms with Gasteiger partial charge in [-0.15, -0.1) is 0 Å². The highest BCUT2D eigenvalue weighted by molar-refractivity contribution is 5.91. The normalized spacial score (nSPS) is 11.1. The number of benzene rings is 3. The first-order valence-electron chi connectivity index (χ1n) is 8.79. The average molecular weight is 378 g/mol. The summed E-state index contributed by atoms with van der Waals surface area (Å²) in [4.78, 5) is 12.8. The molecule has 0 bridgehead atoms. The quantitative estimate of drug-likeness (QED) is 0.614. The maximum Gasteiger partial charge on any atom is 0.323 e. The minimum Gasteiger partial charge on any atom is -0.497 e. The van der Waals surface area contributed by atoms with Crippen LogP contribution in [0.5, 0.6) is 11.5 Å². The fourth-order valence-electron chi connectivity index (χ4n) is 3.41. The van der Waals surface area contributed by atoms with Gasteiger partial charge in [-0.3, -0.25) is 4.79 Å². The lowest BCUT2D eigenvalue weighted by atomic mass is 9.69. The van der Waals surface area contributed by atoms with Crippen molar-refractivity contribution in [2.24, 2.45) is 0 Å². The molecule has 0 atom stereocenters. The Morgan fingerprint density at radius 3 is 1.39 bits per heavy atom. The molecule has 144 valence electrons. The van der Waals surface area contributed by atoms with E-state index >= 15 is 0 Å². The van der Waals surface area contributed by atoms with Gasteiger partial charge in [0.2, 0.25) is 0 Å². The molecule has 0 unspecified atom stereocenters. The fraction of sp³-hybridized carbons (Fsp3) is 0.174. The summed E-state index contributed by atoms with van der Waals surface area (Å²) >= 11 is 0. The number of hydrogen-bond acceptors (Lipinski definition) is 4. The van der Waals surface area contributed by atoms with Gasteiger partial charge in [-0.1, -0.05) is 48.5 Å². The number of aliphatic hydroxyl groups is 1. The number of aliphatic hydroxyl groups excluding tert-OH is 1. The molecule has 0 heterocycles. The first kappa shape index (κ1) is 19.5. The molecule has 2 N–H and O–H groups in total. The Bertz CT molecular complexity index is 813. The van der Waals surface area contributed by atoms with Gasteiger partial charge in [-0.2, -0.15) is 0 Å². The van der Waals surface area contributed by atoms with Gasteiger partial charge in [0, 0.05) is 0 Å². The molecule has 0 amide bonds. The molecule has 28 heavy (non-hydrogen) atoms. The van der Waals surface area contributed by atoms with Gasteiger partial charge < -0.3 is 19.7 Å². The molecule has 0 radical (unpaired) electrons. The van der Waals surface area contributed by atoms with Crippen LogP contribution in [0.2, 0.25) is 0 Å². The summed E-state index contributed by atoms with van der Waals surface area (Å²) in [5.41, 5.74) is 1.08. The number of carboxylic acid groups (broad SMARTS) is 1. The van der Waals surface area contributed by atoms with Crippen LogP contribution >= 0.6 is 0 Å². The zero-order chi connectivity index (χ0) is 20.1. The topological polar surface area (TPSA) is 76.0 Å². The van der Waals surface area contributed by atoms with Crippen molar-refractivity contribution < 1.29 is 24.5 Å². The molecular formula is C23H22O5. The Balaban J connectivity index is 2.28. The van der Waals surface area contributed by atoms with E-state index < -0.39 is 11.4 Å². The second-order valence-corrected chi connectivity index (χ2v) is 6.37. The lowest BCUT2D eigenvalue weighted by Gasteiger charge is -2.31. The second kappa shape index (κ2) is 8.15. The van der Waals surface area contributed by atoms with Gasteiger partial charge in [0.05, 0.1) is 20.8 Å². The smallest absolute Gasteiger partial charge is 0.323 e. The lowest BCUT2D eigenvalue weighted by Crippen LogP contribution is -2.38. The van der Waals surface area contributed by atoms with E-state index in [1.165, 1.54) is 0 Å². The Morgan fingerprint density at radius 1 is 0.750 bits per heavy atom. The zero-order valence-corrected chi connectivity index (χ0v) is 15.8. The van der Waals surface area contributed by atoms with Crippen LogP contribution in [-0.4, -0.2) is 30.4 Å². The van der Waals surface area contributed by atoms with Gasteiger partial charge in [0.15, 0.2) is 0 Å². The molecule has 0 aliphatic heterocycles. The second-order valence-electron chi connectivity index (χ2n) is 6.37. The van der Waals surface area contributed by atoms with Crippen molar-refractivity contribution in [1.29, 1.82) is 0 Å². The Kier molecular flexibility index (Phi) is 5.66. The summed E-state index contributed by atoms with van der Waals surface area (Å²) in [5, 5.41) is 19.8. The minimum atomic E-state index is -1.42. The number of carboxylic acids is 1. The molecule has 3 aromatic rings. The minimum absolute atomic E-state index is 0.106. The van der Waals surface area contributed by atoms with E-state index in [-0.39, 0.29) is 6.61 Å². The third-order valence-electron chi connectivity index (χ3n) is 4.94. The number of rotatable bonds is 7. The standard InChI is InChI=1S/C23H22O5/c1-27-20-11-7-18(8-12-20)23(22(25)26,17-5-3-16(15-24)4-6-17)19-9-13-21(28-2)14-10-19/h3-14,24H,15H2,1-2H3,(H,25,26). The molecule has 0 saturated carbocycles. The third-order valence-corrected chi connectivity index (χ3v) is 4.94. The van der Waals surface area contributed by atoms with E-state index in [1.807, 2.05) is 0 Å². The van der Waals surface area contributed by atoms with E-state index in [0.29, 0.717) is 33.8 Å². The molecular weight excluding hydrogens is 356 g/mol. The predicted molar refractivity (Wildman–Crippen MR) is 106 cm³/mol. The van der Waals surface area contributed by atoms with E-state index in [4.69, 9.17) is 9.47 Å². The first-order chi connectivity index (χ1) is 13.6. The van der Waals surface area contributed by atoms with Crippen LogP contribution in [0.15, 0.2) is 72.8 Å². The van der Waals surface area contributed by atoms with Crippen LogP contribution in [0.25, 0.3) is 0 Å². The van der Waals surface area contributed by atoms with Crippen LogP contribution in [-0.2, 0) is 16.8 Å². The monoisotopic (exact) mass is 378 g/mol. The van der Waals surface area contributed by atoms with Crippen LogP contribution in [0.4, 0.5) is 0 Å². The summed E-state index contributed by atoms with van der Waals surface area (Å²) in [7, 11) is 3.13. The van der Waals surface area contributed by atoms with Crippen LogP contribution in [0.3, 0.4) is 0 Å². The van der Waals surface area contributed by atoms with Gasteiger partial charge in [-0.25, -0.2) is 0 Å². The highest BCUT2D eigenvalue weighted by Crippen LogP contribution is 2.41. The number of carbonyl (C=O) groups is 1. The maximum absolute atomic E-state index is 12.8. The molecule has 0 aliphatic carbocycles. The number of ether oxygens (including phenoxy) is 2. The SMILES string of the molecule is COc1ccc(C(C(=O)O)(c2ccc(CO)cc2)c2ccc(OC)cc2)cc1. The summed E-state index contributed by atoms with van der Waals surface area (Å²) in [5.74, 6) is 0.293. The van der Waals surface area contributed by atoms with Crippen molar-refractivity contribution in [3.63, 3.8) is 0 Å². The molecule has 3 aromatic carbocycles. The first-order valence-corrected chi connectivity index (χ1v) is 8.79. The predicted octanol–water partition coefficient (Wildman–Crippen LogP) is 3.62. The largest absolute Gasteiger partial charge is 0.497 e. The molecule has 0 aliphatic rings. The molecule has 0 fully saturated rings. The van der Waals surface area contributed by atoms with Crippen molar-refractivity contribution in [3.05, 3.63) is 95.1 Å². The van der Waals surface area contributed by atoms with Gasteiger partial charge in [-0.05, 0) is 46.5 Å². The van der Waals surface area contributed by atoms with Gasteiger partial charge >= 0.3 is 5.97 Å². The molecule has 0 saturated heterocycles. The van der Waals surface area contributed by atoms with Crippen molar-refractivity contribution in [2.45, 2.75) is 12.0 Å². The number of aliphatic carboxylic acids is 1. The van der Waals surface area contributed by atoms with Crippen molar-refractivity contribution in [2.75, 3.05) is 14.2 Å². The van der Waals surface area contributed by atoms with E-state index in [0.717, 1.165) is 0 Å². The van der Waals surface area contributed by atoms with Crippen molar-refractivity contribution in [1.82, 2.24) is 0 Å². The Labute approximate surface area is 163 Å². The molecule has 0 aromatic heterocycles. The molecule has 0 spiro atoms. The summed E-state index contributed by atoms with van der Waals surface area (Å²) in [6.45, 7) is -0.106. The summed E-state index contributed by atoms with van der Waals surface area (Å²) < 4.78 is 10.4. The van der Waals surface area contributed by atoms with E-state index in [9.17, 15) is 15.0 Å². The van der Waals surface area contributed by atoms with Crippen molar-refractivity contribution in [3.8, 4) is 11.5 Å². The Hall–Kier alpha value is -3.31. The number of methoxy groups -OCH3 is 2. The van der Waals surface area contributed by atoms with E-state index in [2.05, 4.69) is 0 Å². The van der Waals surface area contributed by atoms with Crippen molar-refractivity contribution >= 4 is 5.97 Å². The van der Waals surface area contributed by atoms with Crippen LogP contribution in [0, 0.1) is 0 Å². The highest BCUT2D eigenvalue weighted by atomic mass is 16.5. The zero-order valence-electron chi connectivity index (χ0n) is 15.8. The molecule has 5 heteroatoms. The molecule has 3 rings (SSSR count). The Morgan fingerprint density at radius 2 is 1.11 bits per heavy atom. The highest BCUT2D eigenvalue weighted by Gasteiger charge is 2.44. The van der Waals surface area contributed by atoms with Gasteiger partial charge in [0.25, 0.3) is 0 Å². The lowest BCUT2D eigenvalue weighted by molar-refractivity contribution is -0.140. The number of hydrogen-bond donors (Lipinski definition) is 2. The van der Waals surface area contributed by atoms with Crippen LogP contribution in [0.1, 0.15) is 22.3 Å². The van der Waals surface area contributed by atoms with Crippen LogP contribution < -0.4 is 9.47 Å². The summed E-state index contributed by atoms with van der Waals surface area (Å²) in [6, 6.07) is 21.0. The fourth-order valence-corrected chi connectivity index (χ4v) is 3.41. The summed E-state index contributed by atoms with van der Waals surface area (Å²) in [6.07, 6.45) is 0. The van der Waals surface area contributed by atoms with E-state index in [1.54, 1.807) is 87.0 Å². The van der Waals surface area contributed by atoms with Gasteiger partial charge in [0.1, 0.15) is 16.9 Å². The third kappa shape index (κ3) is 3.32. The maximum atomic E-state index is 12.8. The molecule has 5 nitrogen and oxygen atoms in total. The average Bonchev–Trinajstić information content (AvgIpc) is 2.75.